The van der Waals surface area contributed by atoms with Gasteiger partial charge in [-0.3, -0.25) is 4.90 Å². The molecule has 26 heavy (non-hydrogen) atoms. The average Bonchev–Trinajstić information content (AvgIpc) is 3.44. The number of aryl methyl sites for hydroxylation is 1. The van der Waals surface area contributed by atoms with Gasteiger partial charge in [0, 0.05) is 18.0 Å². The number of benzene rings is 1. The van der Waals surface area contributed by atoms with Gasteiger partial charge in [0.25, 0.3) is 0 Å². The Bertz CT molecular complexity index is 673. The summed E-state index contributed by atoms with van der Waals surface area (Å²) in [6, 6.07) is 6.28. The third kappa shape index (κ3) is 2.78. The highest BCUT2D eigenvalue weighted by Crippen LogP contribution is 2.55. The minimum absolute atomic E-state index is 0.106. The summed E-state index contributed by atoms with van der Waals surface area (Å²) >= 11 is 0. The zero-order valence-electron chi connectivity index (χ0n) is 16.4. The normalized spacial score (nSPS) is 38.0. The molecule has 1 aliphatic heterocycles. The molecule has 3 aliphatic rings. The van der Waals surface area contributed by atoms with Gasteiger partial charge in [0.15, 0.2) is 0 Å². The van der Waals surface area contributed by atoms with Crippen LogP contribution in [0.3, 0.4) is 0 Å². The smallest absolute Gasteiger partial charge is 0.119 e. The Hall–Kier alpha value is -1.10. The Morgan fingerprint density at radius 2 is 2.00 bits per heavy atom. The van der Waals surface area contributed by atoms with Crippen LogP contribution in [0.2, 0.25) is 0 Å². The Morgan fingerprint density at radius 3 is 2.69 bits per heavy atom. The van der Waals surface area contributed by atoms with Crippen molar-refractivity contribution in [2.45, 2.75) is 75.5 Å². The second-order valence-corrected chi connectivity index (χ2v) is 8.95. The van der Waals surface area contributed by atoms with Gasteiger partial charge in [-0.1, -0.05) is 6.07 Å². The number of hydrogen-bond acceptors (Lipinski definition) is 4. The Kier molecular flexibility index (Phi) is 4.57. The molecule has 4 atom stereocenters. The van der Waals surface area contributed by atoms with E-state index in [2.05, 4.69) is 30.9 Å². The topological polar surface area (TPSA) is 52.9 Å². The van der Waals surface area contributed by atoms with Crippen LogP contribution in [-0.2, 0) is 5.41 Å². The summed E-state index contributed by atoms with van der Waals surface area (Å²) in [5, 5.41) is 22.6. The zero-order chi connectivity index (χ0) is 18.5. The van der Waals surface area contributed by atoms with Gasteiger partial charge in [0.05, 0.1) is 18.8 Å². The van der Waals surface area contributed by atoms with E-state index in [-0.39, 0.29) is 12.1 Å². The summed E-state index contributed by atoms with van der Waals surface area (Å²) in [4.78, 5) is 2.50. The predicted octanol–water partition coefficient (Wildman–Crippen LogP) is 3.02. The molecule has 1 aromatic carbocycles. The second kappa shape index (κ2) is 6.50. The summed E-state index contributed by atoms with van der Waals surface area (Å²) in [6.07, 6.45) is 5.20. The van der Waals surface area contributed by atoms with Crippen molar-refractivity contribution in [2.75, 3.05) is 20.2 Å². The van der Waals surface area contributed by atoms with E-state index in [1.165, 1.54) is 18.4 Å². The number of aliphatic hydroxyl groups is 2. The van der Waals surface area contributed by atoms with Crippen molar-refractivity contribution in [3.05, 3.63) is 29.3 Å². The number of nitrogens with zero attached hydrogens (tertiary/aromatic N) is 1. The number of hydrogen-bond donors (Lipinski definition) is 2. The van der Waals surface area contributed by atoms with E-state index in [4.69, 9.17) is 4.74 Å². The molecule has 4 heteroatoms. The summed E-state index contributed by atoms with van der Waals surface area (Å²) in [5.74, 6) is 1.65. The molecule has 1 aromatic rings. The molecule has 4 unspecified atom stereocenters. The standard InChI is InChI=1S/C22H33NO3/c1-15-4-7-19(26-3)12-20(15)21-10-11-23(14-17-5-6-17)16(2)22(21,25)9-8-18(24)13-21/h4,7,12,16-18,24-25H,5-6,8-11,13-14H2,1-3H3. The van der Waals surface area contributed by atoms with Crippen LogP contribution in [-0.4, -0.2) is 53.1 Å². The third-order valence-electron chi connectivity index (χ3n) is 7.49. The first kappa shape index (κ1) is 18.3. The fourth-order valence-electron chi connectivity index (χ4n) is 5.67. The minimum atomic E-state index is -0.809. The lowest BCUT2D eigenvalue weighted by atomic mass is 9.53. The lowest BCUT2D eigenvalue weighted by Crippen LogP contribution is -2.70. The highest BCUT2D eigenvalue weighted by atomic mass is 16.5. The quantitative estimate of drug-likeness (QED) is 0.868. The lowest BCUT2D eigenvalue weighted by Gasteiger charge is -2.61. The molecule has 3 fully saturated rings. The SMILES string of the molecule is COc1ccc(C)c(C23CCN(CC4CC4)C(C)C2(O)CCC(O)C3)c1. The van der Waals surface area contributed by atoms with Crippen LogP contribution >= 0.6 is 0 Å². The molecule has 2 saturated carbocycles. The van der Waals surface area contributed by atoms with Crippen LogP contribution in [0.1, 0.15) is 56.6 Å². The molecule has 2 aliphatic carbocycles. The van der Waals surface area contributed by atoms with E-state index < -0.39 is 11.0 Å². The number of piperidine rings is 1. The van der Waals surface area contributed by atoms with Gasteiger partial charge in [0.2, 0.25) is 0 Å². The Balaban J connectivity index is 1.77. The van der Waals surface area contributed by atoms with Crippen molar-refractivity contribution in [3.8, 4) is 5.75 Å². The molecule has 4 nitrogen and oxygen atoms in total. The van der Waals surface area contributed by atoms with Gasteiger partial charge in [0.1, 0.15) is 5.75 Å². The summed E-state index contributed by atoms with van der Waals surface area (Å²) in [5.41, 5.74) is 1.14. The molecule has 0 radical (unpaired) electrons. The monoisotopic (exact) mass is 359 g/mol. The maximum absolute atomic E-state index is 12.1. The fraction of sp³-hybridized carbons (Fsp3) is 0.727. The number of fused-ring (bicyclic) bond motifs is 1. The summed E-state index contributed by atoms with van der Waals surface area (Å²) < 4.78 is 5.49. The molecule has 1 saturated heterocycles. The first-order chi connectivity index (χ1) is 12.4. The van der Waals surface area contributed by atoms with Gasteiger partial charge in [-0.25, -0.2) is 0 Å². The molecule has 0 aromatic heterocycles. The molecule has 0 bridgehead atoms. The average molecular weight is 360 g/mol. The van der Waals surface area contributed by atoms with Gasteiger partial charge in [-0.05, 0) is 88.1 Å². The number of likely N-dealkylation sites (tertiary alicyclic amines) is 1. The molecule has 0 amide bonds. The van der Waals surface area contributed by atoms with Crippen LogP contribution in [0.4, 0.5) is 0 Å². The second-order valence-electron chi connectivity index (χ2n) is 8.95. The lowest BCUT2D eigenvalue weighted by molar-refractivity contribution is -0.171. The van der Waals surface area contributed by atoms with Gasteiger partial charge in [-0.15, -0.1) is 0 Å². The molecule has 0 spiro atoms. The molecule has 144 valence electrons. The molecule has 4 rings (SSSR count). The highest BCUT2D eigenvalue weighted by Gasteiger charge is 2.61. The molecule has 2 N–H and O–H groups in total. The van der Waals surface area contributed by atoms with Crippen molar-refractivity contribution >= 4 is 0 Å². The van der Waals surface area contributed by atoms with Gasteiger partial charge in [-0.2, -0.15) is 0 Å². The maximum atomic E-state index is 12.1. The largest absolute Gasteiger partial charge is 0.497 e. The zero-order valence-corrected chi connectivity index (χ0v) is 16.4. The van der Waals surface area contributed by atoms with Crippen molar-refractivity contribution < 1.29 is 14.9 Å². The van der Waals surface area contributed by atoms with Crippen LogP contribution in [0.15, 0.2) is 18.2 Å². The number of ether oxygens (including phenoxy) is 1. The van der Waals surface area contributed by atoms with Gasteiger partial charge >= 0.3 is 0 Å². The van der Waals surface area contributed by atoms with E-state index in [0.717, 1.165) is 36.7 Å². The van der Waals surface area contributed by atoms with Crippen LogP contribution in [0.5, 0.6) is 5.75 Å². The van der Waals surface area contributed by atoms with E-state index in [9.17, 15) is 10.2 Å². The predicted molar refractivity (Wildman–Crippen MR) is 103 cm³/mol. The Labute approximate surface area is 157 Å². The third-order valence-corrected chi connectivity index (χ3v) is 7.49. The number of methoxy groups -OCH3 is 1. The first-order valence-corrected chi connectivity index (χ1v) is 10.2. The van der Waals surface area contributed by atoms with Crippen LogP contribution in [0, 0.1) is 12.8 Å². The fourth-order valence-corrected chi connectivity index (χ4v) is 5.67. The van der Waals surface area contributed by atoms with E-state index in [0.29, 0.717) is 19.3 Å². The number of aliphatic hydroxyl groups excluding tert-OH is 1. The minimum Gasteiger partial charge on any atom is -0.497 e. The van der Waals surface area contributed by atoms with Crippen molar-refractivity contribution in [1.29, 1.82) is 0 Å². The summed E-state index contributed by atoms with van der Waals surface area (Å²) in [6.45, 7) is 6.41. The van der Waals surface area contributed by atoms with E-state index in [1.54, 1.807) is 7.11 Å². The number of rotatable bonds is 4. The summed E-state index contributed by atoms with van der Waals surface area (Å²) in [7, 11) is 1.69. The molecular weight excluding hydrogens is 326 g/mol. The van der Waals surface area contributed by atoms with E-state index >= 15 is 0 Å². The molecule has 1 heterocycles. The first-order valence-electron chi connectivity index (χ1n) is 10.2. The maximum Gasteiger partial charge on any atom is 0.119 e. The van der Waals surface area contributed by atoms with Gasteiger partial charge < -0.3 is 14.9 Å². The molecular formula is C22H33NO3. The van der Waals surface area contributed by atoms with Crippen LogP contribution in [0.25, 0.3) is 0 Å². The van der Waals surface area contributed by atoms with E-state index in [1.807, 2.05) is 6.07 Å². The van der Waals surface area contributed by atoms with Crippen molar-refractivity contribution in [1.82, 2.24) is 4.90 Å². The van der Waals surface area contributed by atoms with Crippen molar-refractivity contribution in [3.63, 3.8) is 0 Å². The Morgan fingerprint density at radius 1 is 1.23 bits per heavy atom. The van der Waals surface area contributed by atoms with Crippen LogP contribution < -0.4 is 4.74 Å². The van der Waals surface area contributed by atoms with Crippen molar-refractivity contribution in [2.24, 2.45) is 5.92 Å². The highest BCUT2D eigenvalue weighted by molar-refractivity contribution is 5.44.